The highest BCUT2D eigenvalue weighted by molar-refractivity contribution is 6.21. The van der Waals surface area contributed by atoms with Gasteiger partial charge in [0, 0.05) is 12.3 Å². The highest BCUT2D eigenvalue weighted by Gasteiger charge is 2.41. The van der Waals surface area contributed by atoms with Crippen molar-refractivity contribution in [2.24, 2.45) is 11.8 Å². The van der Waals surface area contributed by atoms with Crippen LogP contribution in [0, 0.1) is 11.8 Å². The minimum Gasteiger partial charge on any atom is -0.490 e. The van der Waals surface area contributed by atoms with Crippen molar-refractivity contribution >= 4 is 11.6 Å². The molecule has 21 heavy (non-hydrogen) atoms. The number of hydrogen-bond donors (Lipinski definition) is 0. The summed E-state index contributed by atoms with van der Waals surface area (Å²) >= 11 is 6.77. The minimum atomic E-state index is -0.0721. The number of fused-ring (bicyclic) bond motifs is 1. The largest absolute Gasteiger partial charge is 0.490 e. The van der Waals surface area contributed by atoms with E-state index in [-0.39, 0.29) is 17.6 Å². The van der Waals surface area contributed by atoms with Gasteiger partial charge in [-0.3, -0.25) is 0 Å². The topological polar surface area (TPSA) is 27.7 Å². The average molecular weight is 311 g/mol. The first-order valence-electron chi connectivity index (χ1n) is 7.77. The number of alkyl halides is 1. The number of halogens is 1. The van der Waals surface area contributed by atoms with Crippen molar-refractivity contribution < 1.29 is 14.2 Å². The monoisotopic (exact) mass is 310 g/mol. The Kier molecular flexibility index (Phi) is 4.32. The fourth-order valence-corrected chi connectivity index (χ4v) is 3.94. The summed E-state index contributed by atoms with van der Waals surface area (Å²) in [5, 5.41) is -0.0721. The summed E-state index contributed by atoms with van der Waals surface area (Å²) < 4.78 is 17.4. The van der Waals surface area contributed by atoms with Crippen LogP contribution in [0.5, 0.6) is 11.5 Å². The summed E-state index contributed by atoms with van der Waals surface area (Å²) in [5.41, 5.74) is 1.09. The van der Waals surface area contributed by atoms with Crippen LogP contribution in [0.25, 0.3) is 0 Å². The maximum absolute atomic E-state index is 6.77. The Labute approximate surface area is 131 Å². The third-order valence-electron chi connectivity index (χ3n) is 4.75. The van der Waals surface area contributed by atoms with Crippen molar-refractivity contribution in [1.29, 1.82) is 0 Å². The van der Waals surface area contributed by atoms with Crippen LogP contribution in [0.4, 0.5) is 0 Å². The van der Waals surface area contributed by atoms with Gasteiger partial charge in [-0.15, -0.1) is 11.6 Å². The van der Waals surface area contributed by atoms with Gasteiger partial charge in [-0.2, -0.15) is 0 Å². The fraction of sp³-hybridized carbons (Fsp3) is 0.647. The zero-order valence-electron chi connectivity index (χ0n) is 12.8. The molecule has 1 saturated heterocycles. The van der Waals surface area contributed by atoms with Gasteiger partial charge in [0.25, 0.3) is 0 Å². The third kappa shape index (κ3) is 2.86. The molecule has 1 fully saturated rings. The van der Waals surface area contributed by atoms with E-state index in [0.717, 1.165) is 23.5 Å². The summed E-state index contributed by atoms with van der Waals surface area (Å²) in [6.45, 7) is 7.86. The van der Waals surface area contributed by atoms with Crippen LogP contribution in [0.1, 0.15) is 38.1 Å². The molecule has 0 N–H and O–H groups in total. The van der Waals surface area contributed by atoms with E-state index in [2.05, 4.69) is 20.8 Å². The molecular weight excluding hydrogens is 288 g/mol. The third-order valence-corrected chi connectivity index (χ3v) is 5.29. The Morgan fingerprint density at radius 1 is 1.05 bits per heavy atom. The lowest BCUT2D eigenvalue weighted by Gasteiger charge is -2.25. The van der Waals surface area contributed by atoms with Crippen molar-refractivity contribution in [2.45, 2.75) is 44.8 Å². The molecule has 3 nitrogen and oxygen atoms in total. The van der Waals surface area contributed by atoms with Crippen LogP contribution in [-0.4, -0.2) is 25.4 Å². The Hall–Kier alpha value is -0.930. The van der Waals surface area contributed by atoms with Crippen LogP contribution in [0.3, 0.4) is 0 Å². The van der Waals surface area contributed by atoms with Crippen molar-refractivity contribution in [3.63, 3.8) is 0 Å². The molecule has 0 spiro atoms. The van der Waals surface area contributed by atoms with E-state index in [0.29, 0.717) is 25.0 Å². The summed E-state index contributed by atoms with van der Waals surface area (Å²) in [4.78, 5) is 0. The standard InChI is InChI=1S/C17H23ClO3/c1-10-11(2)21-12(3)16(10)17(18)13-5-6-14-15(9-13)20-8-4-7-19-14/h5-6,9-12,16-17H,4,7-8H2,1-3H3. The quantitative estimate of drug-likeness (QED) is 0.767. The predicted molar refractivity (Wildman–Crippen MR) is 83.3 cm³/mol. The van der Waals surface area contributed by atoms with Gasteiger partial charge in [0.15, 0.2) is 11.5 Å². The highest BCUT2D eigenvalue weighted by Crippen LogP contribution is 2.45. The lowest BCUT2D eigenvalue weighted by Crippen LogP contribution is -2.22. The molecular formula is C17H23ClO3. The molecule has 5 unspecified atom stereocenters. The van der Waals surface area contributed by atoms with Gasteiger partial charge >= 0.3 is 0 Å². The van der Waals surface area contributed by atoms with Gasteiger partial charge in [-0.1, -0.05) is 13.0 Å². The SMILES string of the molecule is CC1OC(C)C(C(Cl)c2ccc3c(c2)OCCCO3)C1C. The normalized spacial score (nSPS) is 33.5. The molecule has 5 atom stereocenters. The Morgan fingerprint density at radius 2 is 1.76 bits per heavy atom. The Morgan fingerprint density at radius 3 is 2.43 bits per heavy atom. The second-order valence-electron chi connectivity index (χ2n) is 6.14. The van der Waals surface area contributed by atoms with Crippen LogP contribution < -0.4 is 9.47 Å². The van der Waals surface area contributed by atoms with Gasteiger partial charge in [-0.25, -0.2) is 0 Å². The maximum Gasteiger partial charge on any atom is 0.161 e. The summed E-state index contributed by atoms with van der Waals surface area (Å²) in [7, 11) is 0. The van der Waals surface area contributed by atoms with E-state index in [4.69, 9.17) is 25.8 Å². The molecule has 3 rings (SSSR count). The fourth-order valence-electron chi connectivity index (χ4n) is 3.37. The number of benzene rings is 1. The minimum absolute atomic E-state index is 0.0721. The van der Waals surface area contributed by atoms with E-state index in [1.807, 2.05) is 18.2 Å². The Balaban J connectivity index is 1.85. The summed E-state index contributed by atoms with van der Waals surface area (Å²) in [6, 6.07) is 6.05. The molecule has 116 valence electrons. The highest BCUT2D eigenvalue weighted by atomic mass is 35.5. The van der Waals surface area contributed by atoms with E-state index < -0.39 is 0 Å². The Bertz CT molecular complexity index is 505. The second kappa shape index (κ2) is 6.05. The van der Waals surface area contributed by atoms with Gasteiger partial charge in [0.05, 0.1) is 30.8 Å². The summed E-state index contributed by atoms with van der Waals surface area (Å²) in [6.07, 6.45) is 1.34. The average Bonchev–Trinajstić information content (AvgIpc) is 2.66. The molecule has 1 aromatic carbocycles. The van der Waals surface area contributed by atoms with Crippen LogP contribution >= 0.6 is 11.6 Å². The van der Waals surface area contributed by atoms with E-state index in [1.54, 1.807) is 0 Å². The lowest BCUT2D eigenvalue weighted by atomic mass is 9.84. The molecule has 0 aromatic heterocycles. The van der Waals surface area contributed by atoms with Crippen molar-refractivity contribution in [3.8, 4) is 11.5 Å². The molecule has 0 radical (unpaired) electrons. The van der Waals surface area contributed by atoms with E-state index >= 15 is 0 Å². The maximum atomic E-state index is 6.77. The molecule has 0 bridgehead atoms. The number of hydrogen-bond acceptors (Lipinski definition) is 3. The van der Waals surface area contributed by atoms with Crippen LogP contribution in [0.2, 0.25) is 0 Å². The zero-order chi connectivity index (χ0) is 15.0. The van der Waals surface area contributed by atoms with Crippen molar-refractivity contribution in [1.82, 2.24) is 0 Å². The van der Waals surface area contributed by atoms with Gasteiger partial charge in [0.2, 0.25) is 0 Å². The predicted octanol–water partition coefficient (Wildman–Crippen LogP) is 4.19. The van der Waals surface area contributed by atoms with Gasteiger partial charge in [0.1, 0.15) is 0 Å². The first kappa shape index (κ1) is 15.0. The first-order chi connectivity index (χ1) is 10.1. The number of rotatable bonds is 2. The molecule has 2 heterocycles. The van der Waals surface area contributed by atoms with Crippen molar-refractivity contribution in [2.75, 3.05) is 13.2 Å². The van der Waals surface area contributed by atoms with E-state index in [1.165, 1.54) is 0 Å². The molecule has 4 heteroatoms. The van der Waals surface area contributed by atoms with E-state index in [9.17, 15) is 0 Å². The molecule has 1 aromatic rings. The molecule has 2 aliphatic heterocycles. The second-order valence-corrected chi connectivity index (χ2v) is 6.61. The van der Waals surface area contributed by atoms with Gasteiger partial charge in [-0.05, 0) is 37.5 Å². The summed E-state index contributed by atoms with van der Waals surface area (Å²) in [5.74, 6) is 2.38. The molecule has 0 saturated carbocycles. The lowest BCUT2D eigenvalue weighted by molar-refractivity contribution is 0.0508. The van der Waals surface area contributed by atoms with Crippen molar-refractivity contribution in [3.05, 3.63) is 23.8 Å². The first-order valence-corrected chi connectivity index (χ1v) is 8.20. The van der Waals surface area contributed by atoms with Gasteiger partial charge < -0.3 is 14.2 Å². The van der Waals surface area contributed by atoms with Crippen LogP contribution in [0.15, 0.2) is 18.2 Å². The molecule has 2 aliphatic rings. The smallest absolute Gasteiger partial charge is 0.161 e. The number of ether oxygens (including phenoxy) is 3. The molecule has 0 amide bonds. The van der Waals surface area contributed by atoms with Crippen LogP contribution in [-0.2, 0) is 4.74 Å². The molecule has 0 aliphatic carbocycles. The zero-order valence-corrected chi connectivity index (χ0v) is 13.6.